The number of aliphatic hydroxyl groups is 2. The molecule has 9 atom stereocenters. The average molecular weight is 411 g/mol. The second-order valence-corrected chi connectivity index (χ2v) is 10.4. The minimum atomic E-state index is -1.31. The molecule has 0 spiro atoms. The summed E-state index contributed by atoms with van der Waals surface area (Å²) in [6, 6.07) is 0. The molecule has 3 fully saturated rings. The lowest BCUT2D eigenvalue weighted by atomic mass is 9.46. The largest absolute Gasteiger partial charge is 0.391 e. The highest BCUT2D eigenvalue weighted by molar-refractivity contribution is 6.26. The number of allylic oxidation sites excluding steroid dienone is 4. The Morgan fingerprint density at radius 2 is 2.00 bits per heavy atom. The molecule has 0 amide bonds. The van der Waals surface area contributed by atoms with Crippen LogP contribution in [0.25, 0.3) is 0 Å². The number of alkyl halides is 2. The summed E-state index contributed by atoms with van der Waals surface area (Å²) < 4.78 is 15.3. The Labute approximate surface area is 169 Å². The van der Waals surface area contributed by atoms with Crippen molar-refractivity contribution in [2.75, 3.05) is 6.61 Å². The highest BCUT2D eigenvalue weighted by atomic mass is 35.5. The lowest BCUT2D eigenvalue weighted by molar-refractivity contribution is -0.140. The molecule has 28 heavy (non-hydrogen) atoms. The van der Waals surface area contributed by atoms with Gasteiger partial charge in [0.15, 0.2) is 11.6 Å². The quantitative estimate of drug-likeness (QED) is 0.686. The molecule has 4 rings (SSSR count). The van der Waals surface area contributed by atoms with Crippen LogP contribution >= 0.6 is 11.6 Å². The van der Waals surface area contributed by atoms with Gasteiger partial charge in [0, 0.05) is 11.3 Å². The molecule has 3 saturated carbocycles. The first-order valence-corrected chi connectivity index (χ1v) is 10.5. The van der Waals surface area contributed by atoms with Crippen LogP contribution in [0.1, 0.15) is 40.0 Å². The Morgan fingerprint density at radius 1 is 1.32 bits per heavy atom. The van der Waals surface area contributed by atoms with Gasteiger partial charge in [-0.15, -0.1) is 11.6 Å². The van der Waals surface area contributed by atoms with Crippen molar-refractivity contribution in [1.29, 1.82) is 0 Å². The van der Waals surface area contributed by atoms with Gasteiger partial charge in [-0.3, -0.25) is 9.59 Å². The molecule has 0 aromatic heterocycles. The molecule has 4 nitrogen and oxygen atoms in total. The van der Waals surface area contributed by atoms with Crippen molar-refractivity contribution < 1.29 is 24.2 Å². The van der Waals surface area contributed by atoms with Crippen molar-refractivity contribution in [2.24, 2.45) is 34.5 Å². The van der Waals surface area contributed by atoms with E-state index < -0.39 is 34.6 Å². The molecule has 0 radical (unpaired) electrons. The molecule has 0 aliphatic heterocycles. The van der Waals surface area contributed by atoms with Crippen LogP contribution in [-0.2, 0) is 9.59 Å². The van der Waals surface area contributed by atoms with Crippen molar-refractivity contribution >= 4 is 23.2 Å². The number of halogens is 2. The third-order valence-corrected chi connectivity index (χ3v) is 9.40. The zero-order chi connectivity index (χ0) is 20.6. The van der Waals surface area contributed by atoms with Gasteiger partial charge in [0.2, 0.25) is 0 Å². The predicted molar refractivity (Wildman–Crippen MR) is 104 cm³/mol. The van der Waals surface area contributed by atoms with E-state index in [0.29, 0.717) is 18.4 Å². The third kappa shape index (κ3) is 2.30. The first-order chi connectivity index (χ1) is 13.0. The van der Waals surface area contributed by atoms with Crippen molar-refractivity contribution in [2.45, 2.75) is 57.2 Å². The number of hydrogen-bond donors (Lipinski definition) is 2. The first-order valence-electron chi connectivity index (χ1n) is 10.1. The molecule has 0 aromatic carbocycles. The summed E-state index contributed by atoms with van der Waals surface area (Å²) >= 11 is 7.24. The molecule has 4 aliphatic rings. The summed E-state index contributed by atoms with van der Waals surface area (Å²) in [4.78, 5) is 23.3. The van der Waals surface area contributed by atoms with Crippen LogP contribution in [0.15, 0.2) is 23.8 Å². The summed E-state index contributed by atoms with van der Waals surface area (Å²) in [6.45, 7) is 5.27. The number of Topliss-reactive ketones (excluding diaryl/α,β-unsaturated/α-hetero) is 1. The van der Waals surface area contributed by atoms with Gasteiger partial charge >= 0.3 is 0 Å². The summed E-state index contributed by atoms with van der Waals surface area (Å²) in [5.74, 6) is -1.18. The normalized spacial score (nSPS) is 52.5. The lowest BCUT2D eigenvalue weighted by Gasteiger charge is -2.63. The number of aliphatic hydroxyl groups excluding tert-OH is 2. The monoisotopic (exact) mass is 410 g/mol. The molecule has 0 aromatic rings. The Balaban J connectivity index is 1.84. The van der Waals surface area contributed by atoms with Gasteiger partial charge in [0.1, 0.15) is 12.8 Å². The van der Waals surface area contributed by atoms with Gasteiger partial charge in [0.05, 0.1) is 11.0 Å². The van der Waals surface area contributed by atoms with Crippen LogP contribution < -0.4 is 0 Å². The van der Waals surface area contributed by atoms with Crippen LogP contribution in [0.2, 0.25) is 0 Å². The Bertz CT molecular complexity index is 793. The van der Waals surface area contributed by atoms with Crippen LogP contribution in [0, 0.1) is 34.5 Å². The summed E-state index contributed by atoms with van der Waals surface area (Å²) in [5, 5.41) is 20.8. The second-order valence-electron chi connectivity index (χ2n) is 9.76. The van der Waals surface area contributed by atoms with Crippen molar-refractivity contribution in [3.63, 3.8) is 0 Å². The molecule has 1 unspecified atom stereocenters. The second kappa shape index (κ2) is 6.23. The third-order valence-electron chi connectivity index (χ3n) is 8.47. The number of fused-ring (bicyclic) bond motifs is 5. The van der Waals surface area contributed by atoms with E-state index in [2.05, 4.69) is 0 Å². The zero-order valence-corrected chi connectivity index (χ0v) is 17.2. The fourth-order valence-electron chi connectivity index (χ4n) is 7.36. The summed E-state index contributed by atoms with van der Waals surface area (Å²) in [6.07, 6.45) is 3.31. The van der Waals surface area contributed by atoms with Crippen LogP contribution in [0.3, 0.4) is 0 Å². The van der Waals surface area contributed by atoms with Crippen LogP contribution in [0.5, 0.6) is 0 Å². The first kappa shape index (κ1) is 20.2. The number of carbonyl (C=O) groups is 2. The number of carbonyl (C=O) groups excluding carboxylic acids is 2. The van der Waals surface area contributed by atoms with E-state index in [1.54, 1.807) is 6.08 Å². The number of hydrogen-bond acceptors (Lipinski definition) is 4. The maximum Gasteiger partial charge on any atom is 0.178 e. The zero-order valence-electron chi connectivity index (χ0n) is 16.5. The molecule has 0 saturated heterocycles. The highest BCUT2D eigenvalue weighted by Crippen LogP contribution is 2.70. The van der Waals surface area contributed by atoms with Gasteiger partial charge in [-0.25, -0.2) is 4.39 Å². The molecule has 154 valence electrons. The average Bonchev–Trinajstić information content (AvgIpc) is 2.89. The van der Waals surface area contributed by atoms with Crippen molar-refractivity contribution in [3.8, 4) is 0 Å². The minimum absolute atomic E-state index is 0.0344. The molecule has 2 N–H and O–H groups in total. The van der Waals surface area contributed by atoms with Crippen molar-refractivity contribution in [3.05, 3.63) is 23.8 Å². The van der Waals surface area contributed by atoms with Gasteiger partial charge in [0.25, 0.3) is 0 Å². The highest BCUT2D eigenvalue weighted by Gasteiger charge is 2.71. The molecule has 6 heteroatoms. The van der Waals surface area contributed by atoms with Gasteiger partial charge < -0.3 is 10.2 Å². The molecule has 0 heterocycles. The Kier molecular flexibility index (Phi) is 4.50. The summed E-state index contributed by atoms with van der Waals surface area (Å²) in [5.41, 5.74) is -1.15. The van der Waals surface area contributed by atoms with Crippen molar-refractivity contribution in [1.82, 2.24) is 0 Å². The predicted octanol–water partition coefficient (Wildman–Crippen LogP) is 3.00. The maximum absolute atomic E-state index is 15.3. The molecule has 0 bridgehead atoms. The van der Waals surface area contributed by atoms with E-state index in [-0.39, 0.29) is 41.7 Å². The van der Waals surface area contributed by atoms with Gasteiger partial charge in [-0.1, -0.05) is 26.8 Å². The van der Waals surface area contributed by atoms with E-state index in [1.165, 1.54) is 12.2 Å². The summed E-state index contributed by atoms with van der Waals surface area (Å²) in [7, 11) is 0. The topological polar surface area (TPSA) is 74.6 Å². The molecule has 4 aliphatic carbocycles. The fourth-order valence-corrected chi connectivity index (χ4v) is 7.85. The lowest BCUT2D eigenvalue weighted by Crippen LogP contribution is -2.67. The SMILES string of the molecule is C[C@@H]1C[C@H]2[C@@H]3C[C@H](F)C4=CC(=O)C=C[C@]4(C)C3(Cl)[C@@H](O)C[C@]2(C)[C@H]1C(=O)CO. The number of rotatable bonds is 2. The van der Waals surface area contributed by atoms with Crippen LogP contribution in [0.4, 0.5) is 4.39 Å². The van der Waals surface area contributed by atoms with E-state index >= 15 is 4.39 Å². The van der Waals surface area contributed by atoms with Crippen LogP contribution in [-0.4, -0.2) is 45.5 Å². The Hall–Kier alpha value is -1.04. The van der Waals surface area contributed by atoms with E-state index in [0.717, 1.165) is 0 Å². The smallest absolute Gasteiger partial charge is 0.178 e. The van der Waals surface area contributed by atoms with E-state index in [9.17, 15) is 19.8 Å². The van der Waals surface area contributed by atoms with Gasteiger partial charge in [-0.05, 0) is 60.2 Å². The Morgan fingerprint density at radius 3 is 2.64 bits per heavy atom. The minimum Gasteiger partial charge on any atom is -0.391 e. The standard InChI is InChI=1S/C22H28ClFO4/c1-11-6-13-14-8-16(24)15-7-12(26)4-5-21(15,3)22(14,23)18(28)9-20(13,2)19(11)17(27)10-25/h4-5,7,11,13-14,16,18-19,25,28H,6,8-10H2,1-3H3/t11-,13+,14+,16+,18+,19-,20+,21+,22?/m1/s1. The van der Waals surface area contributed by atoms with E-state index in [1.807, 2.05) is 20.8 Å². The molecular weight excluding hydrogens is 383 g/mol. The maximum atomic E-state index is 15.3. The fraction of sp³-hybridized carbons (Fsp3) is 0.727. The van der Waals surface area contributed by atoms with Gasteiger partial charge in [-0.2, -0.15) is 0 Å². The van der Waals surface area contributed by atoms with E-state index in [4.69, 9.17) is 11.6 Å². The number of ketones is 2. The molecular formula is C22H28ClFO4.